The number of benzene rings is 2. The van der Waals surface area contributed by atoms with Crippen LogP contribution in [0.2, 0.25) is 0 Å². The van der Waals surface area contributed by atoms with Crippen LogP contribution in [0.25, 0.3) is 0 Å². The lowest BCUT2D eigenvalue weighted by Gasteiger charge is -2.10. The van der Waals surface area contributed by atoms with Gasteiger partial charge in [0.05, 0.1) is 0 Å². The average molecular weight is 406 g/mol. The minimum Gasteiger partial charge on any atom is -0.268 e. The van der Waals surface area contributed by atoms with Gasteiger partial charge < -0.3 is 0 Å². The van der Waals surface area contributed by atoms with Crippen molar-refractivity contribution in [1.82, 2.24) is 4.72 Å². The molecule has 9 heteroatoms. The summed E-state index contributed by atoms with van der Waals surface area (Å²) in [4.78, 5) is 11.1. The zero-order chi connectivity index (χ0) is 20.2. The fourth-order valence-corrected chi connectivity index (χ4v) is 4.43. The third kappa shape index (κ3) is 5.40. The molecule has 0 spiro atoms. The molecule has 0 unspecified atom stereocenters. The van der Waals surface area contributed by atoms with Gasteiger partial charge in [-0.05, 0) is 36.4 Å². The summed E-state index contributed by atoms with van der Waals surface area (Å²) in [5.74, 6) is 5.19. The third-order valence-corrected chi connectivity index (χ3v) is 5.81. The van der Waals surface area contributed by atoms with Gasteiger partial charge in [-0.15, -0.1) is 0 Å². The Morgan fingerprint density at radius 3 is 2.04 bits per heavy atom. The van der Waals surface area contributed by atoms with Crippen molar-refractivity contribution in [1.29, 1.82) is 0 Å². The third-order valence-electron chi connectivity index (χ3n) is 3.32. The van der Waals surface area contributed by atoms with E-state index in [4.69, 9.17) is 5.14 Å². The predicted octanol–water partition coefficient (Wildman–Crippen LogP) is 1.46. The van der Waals surface area contributed by atoms with Crippen LogP contribution in [0.4, 0.5) is 0 Å². The Kier molecular flexibility index (Phi) is 6.05. The van der Waals surface area contributed by atoms with Crippen LogP contribution >= 0.6 is 0 Å². The van der Waals surface area contributed by atoms with E-state index in [1.807, 2.05) is 18.6 Å². The van der Waals surface area contributed by atoms with Gasteiger partial charge in [-0.25, -0.2) is 26.7 Å². The van der Waals surface area contributed by atoms with Crippen LogP contribution in [0.5, 0.6) is 0 Å². The van der Waals surface area contributed by atoms with Crippen molar-refractivity contribution < 1.29 is 21.6 Å². The van der Waals surface area contributed by atoms with E-state index in [-0.39, 0.29) is 11.5 Å². The summed E-state index contributed by atoms with van der Waals surface area (Å²) in [6.07, 6.45) is 0. The summed E-state index contributed by atoms with van der Waals surface area (Å²) < 4.78 is 49.9. The van der Waals surface area contributed by atoms with Gasteiger partial charge in [-0.3, -0.25) is 4.79 Å². The lowest BCUT2D eigenvalue weighted by atomic mass is 10.1. The zero-order valence-electron chi connectivity index (χ0n) is 14.6. The highest BCUT2D eigenvalue weighted by atomic mass is 32.2. The molecule has 0 atom stereocenters. The molecule has 3 N–H and O–H groups in total. The average Bonchev–Trinajstić information content (AvgIpc) is 2.59. The second kappa shape index (κ2) is 7.92. The summed E-state index contributed by atoms with van der Waals surface area (Å²) in [6, 6.07) is 10.8. The van der Waals surface area contributed by atoms with E-state index in [0.717, 1.165) is 12.1 Å². The number of hydrogen-bond acceptors (Lipinski definition) is 5. The number of carbonyl (C=O) groups is 1. The predicted molar refractivity (Wildman–Crippen MR) is 101 cm³/mol. The molecule has 27 heavy (non-hydrogen) atoms. The van der Waals surface area contributed by atoms with E-state index >= 15 is 0 Å². The highest BCUT2D eigenvalue weighted by molar-refractivity contribution is 7.92. The largest absolute Gasteiger partial charge is 0.268 e. The molecule has 1 amide bonds. The minimum absolute atomic E-state index is 0.0850. The van der Waals surface area contributed by atoms with E-state index in [2.05, 4.69) is 11.8 Å². The Morgan fingerprint density at radius 2 is 1.52 bits per heavy atom. The molecule has 0 aromatic heterocycles. The number of rotatable bonds is 4. The maximum absolute atomic E-state index is 12.5. The van der Waals surface area contributed by atoms with Gasteiger partial charge in [-0.2, -0.15) is 0 Å². The second-order valence-electron chi connectivity index (χ2n) is 5.93. The Morgan fingerprint density at radius 1 is 0.963 bits per heavy atom. The molecule has 0 saturated heterocycles. The lowest BCUT2D eigenvalue weighted by Crippen LogP contribution is -2.32. The van der Waals surface area contributed by atoms with Crippen molar-refractivity contribution in [2.75, 3.05) is 0 Å². The molecule has 2 rings (SSSR count). The number of nitrogens with one attached hydrogen (secondary N) is 1. The number of carbonyl (C=O) groups excluding carboxylic acids is 1. The number of hydrogen-bond donors (Lipinski definition) is 2. The first kappa shape index (κ1) is 20.6. The van der Waals surface area contributed by atoms with Gasteiger partial charge in [0, 0.05) is 17.0 Å². The van der Waals surface area contributed by atoms with Crippen LogP contribution < -0.4 is 9.86 Å². The summed E-state index contributed by atoms with van der Waals surface area (Å²) in [7, 11) is -8.72. The number of sulfonamides is 2. The molecule has 142 valence electrons. The molecular weight excluding hydrogens is 388 g/mol. The van der Waals surface area contributed by atoms with Gasteiger partial charge in [-0.1, -0.05) is 37.8 Å². The van der Waals surface area contributed by atoms with E-state index in [1.165, 1.54) is 24.3 Å². The Bertz CT molecular complexity index is 1120. The van der Waals surface area contributed by atoms with Gasteiger partial charge in [0.15, 0.2) is 0 Å². The molecule has 0 fully saturated rings. The molecule has 0 heterocycles. The highest BCUT2D eigenvalue weighted by Gasteiger charge is 2.26. The fraction of sp³-hybridized carbons (Fsp3) is 0.167. The maximum Gasteiger partial charge on any atom is 0.265 e. The van der Waals surface area contributed by atoms with Crippen molar-refractivity contribution in [3.8, 4) is 11.8 Å². The molecule has 2 aromatic carbocycles. The van der Waals surface area contributed by atoms with Gasteiger partial charge in [0.2, 0.25) is 10.0 Å². The SMILES string of the molecule is CC(C)C#Cc1ccc(C(=O)NS(=O)(=O)c2ccccc2S(N)(=O)=O)cc1. The van der Waals surface area contributed by atoms with E-state index in [0.29, 0.717) is 5.56 Å². The first-order valence-electron chi connectivity index (χ1n) is 7.81. The van der Waals surface area contributed by atoms with Crippen LogP contribution in [0.3, 0.4) is 0 Å². The normalized spacial score (nSPS) is 11.6. The van der Waals surface area contributed by atoms with Gasteiger partial charge in [0.1, 0.15) is 9.79 Å². The molecule has 2 aromatic rings. The van der Waals surface area contributed by atoms with Gasteiger partial charge in [0.25, 0.3) is 15.9 Å². The summed E-state index contributed by atoms with van der Waals surface area (Å²) in [6.45, 7) is 3.89. The number of amides is 1. The summed E-state index contributed by atoms with van der Waals surface area (Å²) in [5.41, 5.74) is 0.768. The summed E-state index contributed by atoms with van der Waals surface area (Å²) in [5, 5.41) is 5.04. The van der Waals surface area contributed by atoms with E-state index in [1.54, 1.807) is 12.1 Å². The maximum atomic E-state index is 12.5. The first-order valence-corrected chi connectivity index (χ1v) is 10.8. The second-order valence-corrected chi connectivity index (χ2v) is 9.11. The van der Waals surface area contributed by atoms with Crippen molar-refractivity contribution in [3.63, 3.8) is 0 Å². The summed E-state index contributed by atoms with van der Waals surface area (Å²) >= 11 is 0. The Labute approximate surface area is 158 Å². The Hall–Kier alpha value is -2.67. The first-order chi connectivity index (χ1) is 12.5. The monoisotopic (exact) mass is 406 g/mol. The molecule has 0 bridgehead atoms. The minimum atomic E-state index is -4.44. The molecule has 0 aliphatic carbocycles. The molecule has 0 radical (unpaired) electrons. The molecule has 0 aliphatic heterocycles. The topological polar surface area (TPSA) is 123 Å². The highest BCUT2D eigenvalue weighted by Crippen LogP contribution is 2.19. The van der Waals surface area contributed by atoms with Crippen molar-refractivity contribution >= 4 is 26.0 Å². The molecule has 0 saturated carbocycles. The van der Waals surface area contributed by atoms with Gasteiger partial charge >= 0.3 is 0 Å². The number of nitrogens with two attached hydrogens (primary N) is 1. The lowest BCUT2D eigenvalue weighted by molar-refractivity contribution is 0.0981. The van der Waals surface area contributed by atoms with Crippen molar-refractivity contribution in [2.45, 2.75) is 23.6 Å². The molecule has 7 nitrogen and oxygen atoms in total. The Balaban J connectivity index is 2.29. The van der Waals surface area contributed by atoms with Crippen LogP contribution in [-0.4, -0.2) is 22.7 Å². The molecule has 0 aliphatic rings. The van der Waals surface area contributed by atoms with Crippen molar-refractivity contribution in [2.24, 2.45) is 11.1 Å². The smallest absolute Gasteiger partial charge is 0.265 e. The van der Waals surface area contributed by atoms with Crippen LogP contribution in [-0.2, 0) is 20.0 Å². The van der Waals surface area contributed by atoms with Crippen LogP contribution in [0, 0.1) is 17.8 Å². The van der Waals surface area contributed by atoms with Crippen LogP contribution in [0.1, 0.15) is 29.8 Å². The fourth-order valence-electron chi connectivity index (χ4n) is 2.08. The quantitative estimate of drug-likeness (QED) is 0.744. The van der Waals surface area contributed by atoms with Crippen molar-refractivity contribution in [3.05, 3.63) is 59.7 Å². The molecular formula is C18H18N2O5S2. The van der Waals surface area contributed by atoms with E-state index in [9.17, 15) is 21.6 Å². The van der Waals surface area contributed by atoms with E-state index < -0.39 is 35.7 Å². The van der Waals surface area contributed by atoms with Crippen LogP contribution in [0.15, 0.2) is 58.3 Å². The standard InChI is InChI=1S/C18H18N2O5S2/c1-13(2)7-8-14-9-11-15(12-10-14)18(21)20-27(24,25)17-6-4-3-5-16(17)26(19,22)23/h3-6,9-13H,1-2H3,(H,20,21)(H2,19,22,23). The number of primary sulfonamides is 1. The zero-order valence-corrected chi connectivity index (χ0v) is 16.3.